The first-order chi connectivity index (χ1) is 13.9. The molecule has 0 saturated carbocycles. The molecule has 0 aliphatic rings. The molecule has 0 spiro atoms. The summed E-state index contributed by atoms with van der Waals surface area (Å²) >= 11 is 1.26. The lowest BCUT2D eigenvalue weighted by Crippen LogP contribution is -2.23. The number of alkyl halides is 3. The van der Waals surface area contributed by atoms with Crippen molar-refractivity contribution < 1.29 is 18.3 Å². The zero-order chi connectivity index (χ0) is 20.6. The van der Waals surface area contributed by atoms with Gasteiger partial charge in [-0.15, -0.1) is 11.3 Å². The monoisotopic (exact) mass is 415 g/mol. The molecular formula is C20H12F3N3O2S. The highest BCUT2D eigenvalue weighted by Crippen LogP contribution is 2.35. The smallest absolute Gasteiger partial charge is 0.418 e. The van der Waals surface area contributed by atoms with E-state index in [2.05, 4.69) is 9.98 Å². The zero-order valence-electron chi connectivity index (χ0n) is 14.6. The molecule has 9 heteroatoms. The van der Waals surface area contributed by atoms with Crippen LogP contribution in [0.1, 0.15) is 11.1 Å². The molecule has 0 atom stereocenters. The Hall–Kier alpha value is -3.46. The molecule has 0 unspecified atom stereocenters. The SMILES string of the molecule is O=c1c2ccccc2c(C=Nc2nccs2)c(O)n1-c1ccccc1C(F)(F)F. The fourth-order valence-electron chi connectivity index (χ4n) is 3.02. The number of aromatic hydroxyl groups is 1. The van der Waals surface area contributed by atoms with Crippen molar-refractivity contribution in [3.63, 3.8) is 0 Å². The van der Waals surface area contributed by atoms with Gasteiger partial charge in [0.1, 0.15) is 0 Å². The molecule has 0 bridgehead atoms. The van der Waals surface area contributed by atoms with Crippen LogP contribution in [0.3, 0.4) is 0 Å². The molecule has 5 nitrogen and oxygen atoms in total. The maximum absolute atomic E-state index is 13.5. The topological polar surface area (TPSA) is 67.5 Å². The summed E-state index contributed by atoms with van der Waals surface area (Å²) in [7, 11) is 0. The first kappa shape index (κ1) is 18.9. The molecule has 2 aromatic heterocycles. The van der Waals surface area contributed by atoms with E-state index < -0.39 is 28.9 Å². The number of para-hydroxylation sites is 1. The van der Waals surface area contributed by atoms with Gasteiger partial charge in [-0.25, -0.2) is 14.5 Å². The van der Waals surface area contributed by atoms with Gasteiger partial charge in [0.2, 0.25) is 11.0 Å². The van der Waals surface area contributed by atoms with E-state index in [-0.39, 0.29) is 10.9 Å². The quantitative estimate of drug-likeness (QED) is 0.483. The summed E-state index contributed by atoms with van der Waals surface area (Å²) in [5.41, 5.74) is -2.14. The second-order valence-corrected chi connectivity index (χ2v) is 6.88. The van der Waals surface area contributed by atoms with E-state index in [9.17, 15) is 23.1 Å². The number of aromatic nitrogens is 2. The third-order valence-corrected chi connectivity index (χ3v) is 4.96. The standard InChI is InChI=1S/C20H12F3N3O2S/c21-20(22,23)15-7-3-4-8-16(15)26-17(27)13-6-2-1-5-12(13)14(18(26)28)11-25-19-24-9-10-29-19/h1-11,28H. The van der Waals surface area contributed by atoms with Gasteiger partial charge in [0.25, 0.3) is 5.56 Å². The summed E-state index contributed by atoms with van der Waals surface area (Å²) in [5, 5.41) is 13.5. The van der Waals surface area contributed by atoms with Crippen LogP contribution in [0.2, 0.25) is 0 Å². The molecule has 1 N–H and O–H groups in total. The summed E-state index contributed by atoms with van der Waals surface area (Å²) in [4.78, 5) is 21.2. The minimum absolute atomic E-state index is 0.118. The van der Waals surface area contributed by atoms with Crippen molar-refractivity contribution in [1.82, 2.24) is 9.55 Å². The van der Waals surface area contributed by atoms with Crippen molar-refractivity contribution in [3.05, 3.63) is 81.6 Å². The minimum atomic E-state index is -4.71. The van der Waals surface area contributed by atoms with Gasteiger partial charge in [-0.05, 0) is 18.2 Å². The molecule has 4 rings (SSSR count). The molecule has 0 saturated heterocycles. The summed E-state index contributed by atoms with van der Waals surface area (Å²) in [6, 6.07) is 10.9. The van der Waals surface area contributed by atoms with E-state index in [1.807, 2.05) is 0 Å². The van der Waals surface area contributed by atoms with Crippen LogP contribution < -0.4 is 5.56 Å². The highest BCUT2D eigenvalue weighted by molar-refractivity contribution is 7.13. The third-order valence-electron chi connectivity index (χ3n) is 4.28. The van der Waals surface area contributed by atoms with Gasteiger partial charge in [0.15, 0.2) is 0 Å². The van der Waals surface area contributed by atoms with Gasteiger partial charge >= 0.3 is 6.18 Å². The molecular weight excluding hydrogens is 403 g/mol. The van der Waals surface area contributed by atoms with E-state index in [0.29, 0.717) is 15.1 Å². The predicted octanol–water partition coefficient (Wildman–Crippen LogP) is 4.92. The second-order valence-electron chi connectivity index (χ2n) is 6.01. The number of halogens is 3. The van der Waals surface area contributed by atoms with Crippen LogP contribution >= 0.6 is 11.3 Å². The molecule has 4 aromatic rings. The highest BCUT2D eigenvalue weighted by Gasteiger charge is 2.34. The molecule has 2 aromatic carbocycles. The molecule has 0 radical (unpaired) electrons. The molecule has 2 heterocycles. The van der Waals surface area contributed by atoms with Crippen LogP contribution in [0, 0.1) is 0 Å². The van der Waals surface area contributed by atoms with Crippen LogP contribution in [0.25, 0.3) is 16.5 Å². The number of thiazole rings is 1. The zero-order valence-corrected chi connectivity index (χ0v) is 15.4. The number of benzene rings is 2. The lowest BCUT2D eigenvalue weighted by Gasteiger charge is -2.17. The number of rotatable bonds is 3. The van der Waals surface area contributed by atoms with Crippen molar-refractivity contribution in [3.8, 4) is 11.6 Å². The van der Waals surface area contributed by atoms with Gasteiger partial charge in [-0.3, -0.25) is 4.79 Å². The van der Waals surface area contributed by atoms with Crippen molar-refractivity contribution in [1.29, 1.82) is 0 Å². The maximum Gasteiger partial charge on any atom is 0.418 e. The Bertz CT molecular complexity index is 1280. The Balaban J connectivity index is 2.06. The summed E-state index contributed by atoms with van der Waals surface area (Å²) < 4.78 is 41.2. The van der Waals surface area contributed by atoms with Crippen molar-refractivity contribution in [2.24, 2.45) is 4.99 Å². The summed E-state index contributed by atoms with van der Waals surface area (Å²) in [6.07, 6.45) is -1.86. The van der Waals surface area contributed by atoms with E-state index in [4.69, 9.17) is 0 Å². The van der Waals surface area contributed by atoms with Crippen LogP contribution in [-0.2, 0) is 6.18 Å². The van der Waals surface area contributed by atoms with Gasteiger partial charge in [0, 0.05) is 28.6 Å². The lowest BCUT2D eigenvalue weighted by molar-refractivity contribution is -0.137. The molecule has 146 valence electrons. The van der Waals surface area contributed by atoms with Crippen molar-refractivity contribution >= 4 is 33.5 Å². The van der Waals surface area contributed by atoms with Gasteiger partial charge < -0.3 is 5.11 Å². The summed E-state index contributed by atoms with van der Waals surface area (Å²) in [6.45, 7) is 0. The van der Waals surface area contributed by atoms with Gasteiger partial charge in [-0.1, -0.05) is 30.3 Å². The van der Waals surface area contributed by atoms with E-state index >= 15 is 0 Å². The number of fused-ring (bicyclic) bond motifs is 1. The van der Waals surface area contributed by atoms with Crippen LogP contribution in [-0.4, -0.2) is 20.9 Å². The van der Waals surface area contributed by atoms with Gasteiger partial charge in [-0.2, -0.15) is 13.2 Å². The number of hydrogen-bond donors (Lipinski definition) is 1. The lowest BCUT2D eigenvalue weighted by atomic mass is 10.1. The Kier molecular flexibility index (Phi) is 4.67. The van der Waals surface area contributed by atoms with E-state index in [1.54, 1.807) is 29.8 Å². The number of pyridine rings is 1. The van der Waals surface area contributed by atoms with Gasteiger partial charge in [0.05, 0.1) is 16.8 Å². The molecule has 0 aliphatic heterocycles. The second kappa shape index (κ2) is 7.17. The Labute approximate surface area is 166 Å². The third kappa shape index (κ3) is 3.40. The number of nitrogens with zero attached hydrogens (tertiary/aromatic N) is 3. The summed E-state index contributed by atoms with van der Waals surface area (Å²) in [5.74, 6) is -0.634. The average Bonchev–Trinajstić information content (AvgIpc) is 3.21. The Morgan fingerprint density at radius 3 is 2.45 bits per heavy atom. The van der Waals surface area contributed by atoms with E-state index in [1.165, 1.54) is 35.8 Å². The fraction of sp³-hybridized carbons (Fsp3) is 0.0500. The molecule has 0 amide bonds. The van der Waals surface area contributed by atoms with Crippen molar-refractivity contribution in [2.75, 3.05) is 0 Å². The average molecular weight is 415 g/mol. The first-order valence-corrected chi connectivity index (χ1v) is 9.23. The first-order valence-electron chi connectivity index (χ1n) is 8.35. The molecule has 0 aliphatic carbocycles. The van der Waals surface area contributed by atoms with Crippen LogP contribution in [0.15, 0.2) is 69.9 Å². The molecule has 29 heavy (non-hydrogen) atoms. The predicted molar refractivity (Wildman–Crippen MR) is 106 cm³/mol. The Morgan fingerprint density at radius 2 is 1.76 bits per heavy atom. The van der Waals surface area contributed by atoms with Crippen molar-refractivity contribution in [2.45, 2.75) is 6.18 Å². The molecule has 0 fully saturated rings. The highest BCUT2D eigenvalue weighted by atomic mass is 32.1. The largest absolute Gasteiger partial charge is 0.494 e. The number of hydrogen-bond acceptors (Lipinski definition) is 5. The van der Waals surface area contributed by atoms with Crippen LogP contribution in [0.5, 0.6) is 5.88 Å². The van der Waals surface area contributed by atoms with Crippen LogP contribution in [0.4, 0.5) is 18.3 Å². The number of aliphatic imine (C=N–C) groups is 1. The van der Waals surface area contributed by atoms with E-state index in [0.717, 1.165) is 12.1 Å². The Morgan fingerprint density at radius 1 is 1.07 bits per heavy atom. The fourth-order valence-corrected chi connectivity index (χ4v) is 3.50. The normalized spacial score (nSPS) is 12.1. The maximum atomic E-state index is 13.5. The minimum Gasteiger partial charge on any atom is -0.494 e.